The van der Waals surface area contributed by atoms with Crippen LogP contribution in [0.5, 0.6) is 5.75 Å². The molecule has 0 radical (unpaired) electrons. The number of nitrogens with zero attached hydrogens (tertiary/aromatic N) is 1. The van der Waals surface area contributed by atoms with Gasteiger partial charge < -0.3 is 20.1 Å². The number of carbonyl (C=O) groups excluding carboxylic acids is 2. The molecule has 1 unspecified atom stereocenters. The first-order valence-electron chi connectivity index (χ1n) is 11.1. The van der Waals surface area contributed by atoms with Gasteiger partial charge in [0.15, 0.2) is 0 Å². The van der Waals surface area contributed by atoms with Gasteiger partial charge in [-0.15, -0.1) is 11.3 Å². The summed E-state index contributed by atoms with van der Waals surface area (Å²) in [4.78, 5) is 27.3. The zero-order valence-electron chi connectivity index (χ0n) is 18.8. The number of hydrogen-bond donors (Lipinski definition) is 2. The largest absolute Gasteiger partial charge is 0.492 e. The first-order valence-corrected chi connectivity index (χ1v) is 12.0. The topological polar surface area (TPSA) is 79.9 Å². The van der Waals surface area contributed by atoms with Gasteiger partial charge in [-0.1, -0.05) is 18.2 Å². The van der Waals surface area contributed by atoms with Crippen molar-refractivity contribution in [1.29, 1.82) is 0 Å². The van der Waals surface area contributed by atoms with Crippen LogP contribution in [0.15, 0.2) is 41.8 Å². The molecule has 1 atom stereocenters. The van der Waals surface area contributed by atoms with Gasteiger partial charge in [0, 0.05) is 44.1 Å². The Morgan fingerprint density at radius 2 is 2.06 bits per heavy atom. The van der Waals surface area contributed by atoms with Gasteiger partial charge in [-0.2, -0.15) is 0 Å². The molecule has 1 aliphatic heterocycles. The van der Waals surface area contributed by atoms with Crippen LogP contribution in [0.2, 0.25) is 0 Å². The molecule has 32 heavy (non-hydrogen) atoms. The molecule has 1 aromatic carbocycles. The highest BCUT2D eigenvalue weighted by atomic mass is 32.1. The lowest BCUT2D eigenvalue weighted by Crippen LogP contribution is -2.38. The maximum atomic E-state index is 12.5. The second-order valence-electron chi connectivity index (χ2n) is 8.07. The fourth-order valence-corrected chi connectivity index (χ4v) is 4.56. The Balaban J connectivity index is 1.43. The predicted molar refractivity (Wildman–Crippen MR) is 126 cm³/mol. The van der Waals surface area contributed by atoms with Crippen molar-refractivity contribution < 1.29 is 19.1 Å². The zero-order valence-corrected chi connectivity index (χ0v) is 19.7. The molecule has 2 heterocycles. The number of hydrogen-bond acceptors (Lipinski definition) is 6. The third-order valence-corrected chi connectivity index (χ3v) is 6.55. The first kappa shape index (κ1) is 24.2. The van der Waals surface area contributed by atoms with Crippen molar-refractivity contribution >= 4 is 23.2 Å². The van der Waals surface area contributed by atoms with Crippen LogP contribution < -0.4 is 15.4 Å². The number of benzene rings is 1. The minimum atomic E-state index is -0.310. The van der Waals surface area contributed by atoms with Crippen LogP contribution >= 0.6 is 11.3 Å². The Morgan fingerprint density at radius 1 is 1.25 bits per heavy atom. The normalized spacial score (nSPS) is 15.3. The van der Waals surface area contributed by atoms with Crippen molar-refractivity contribution in [3.63, 3.8) is 0 Å². The number of rotatable bonds is 11. The first-order chi connectivity index (χ1) is 15.5. The van der Waals surface area contributed by atoms with Gasteiger partial charge in [0.2, 0.25) is 11.8 Å². The lowest BCUT2D eigenvalue weighted by atomic mass is 10.1. The smallest absolute Gasteiger partial charge is 0.222 e. The number of thiophene rings is 1. The minimum Gasteiger partial charge on any atom is -0.492 e. The Kier molecular flexibility index (Phi) is 9.52. The molecule has 2 N–H and O–H groups in total. The summed E-state index contributed by atoms with van der Waals surface area (Å²) >= 11 is 1.53. The minimum absolute atomic E-state index is 0.110. The summed E-state index contributed by atoms with van der Waals surface area (Å²) in [6, 6.07) is 11.9. The van der Waals surface area contributed by atoms with Gasteiger partial charge in [-0.3, -0.25) is 14.5 Å². The Morgan fingerprint density at radius 3 is 2.78 bits per heavy atom. The Hall–Kier alpha value is -2.42. The van der Waals surface area contributed by atoms with E-state index in [1.807, 2.05) is 41.8 Å². The molecule has 8 heteroatoms. The SMILES string of the molecule is CC(=O)NC(CC(=O)NCc1cccc(OCCN(C)C2CCOCC2)c1)c1cccs1. The second-order valence-corrected chi connectivity index (χ2v) is 9.05. The number of carbonyl (C=O) groups is 2. The third kappa shape index (κ3) is 7.93. The van der Waals surface area contributed by atoms with Crippen molar-refractivity contribution in [1.82, 2.24) is 15.5 Å². The van der Waals surface area contributed by atoms with E-state index < -0.39 is 0 Å². The summed E-state index contributed by atoms with van der Waals surface area (Å²) in [5.74, 6) is 0.539. The number of amides is 2. The lowest BCUT2D eigenvalue weighted by molar-refractivity contribution is -0.122. The number of likely N-dealkylation sites (N-methyl/N-ethyl adjacent to an activating group) is 1. The van der Waals surface area contributed by atoms with Crippen molar-refractivity contribution in [2.45, 2.75) is 44.8 Å². The zero-order chi connectivity index (χ0) is 22.8. The lowest BCUT2D eigenvalue weighted by Gasteiger charge is -2.31. The van der Waals surface area contributed by atoms with E-state index in [0.717, 1.165) is 48.8 Å². The molecule has 1 fully saturated rings. The van der Waals surface area contributed by atoms with Crippen LogP contribution in [0, 0.1) is 0 Å². The van der Waals surface area contributed by atoms with Gasteiger partial charge in [-0.25, -0.2) is 0 Å². The van der Waals surface area contributed by atoms with E-state index in [1.165, 1.54) is 18.3 Å². The van der Waals surface area contributed by atoms with E-state index in [1.54, 1.807) is 0 Å². The highest BCUT2D eigenvalue weighted by molar-refractivity contribution is 7.10. The van der Waals surface area contributed by atoms with Gasteiger partial charge in [-0.05, 0) is 49.0 Å². The van der Waals surface area contributed by atoms with Crippen LogP contribution in [0.3, 0.4) is 0 Å². The highest BCUT2D eigenvalue weighted by Crippen LogP contribution is 2.22. The standard InChI is InChI=1S/C24H33N3O4S/c1-18(28)26-22(23-7-4-14-32-23)16-24(29)25-17-19-5-3-6-21(15-19)31-13-10-27(2)20-8-11-30-12-9-20/h3-7,14-15,20,22H,8-13,16-17H2,1-2H3,(H,25,29)(H,26,28). The maximum absolute atomic E-state index is 12.5. The molecule has 3 rings (SSSR count). The van der Waals surface area contributed by atoms with Crippen LogP contribution in [0.1, 0.15) is 42.7 Å². The van der Waals surface area contributed by atoms with Crippen molar-refractivity contribution in [3.8, 4) is 5.75 Å². The van der Waals surface area contributed by atoms with Gasteiger partial charge >= 0.3 is 0 Å². The van der Waals surface area contributed by atoms with E-state index >= 15 is 0 Å². The molecular weight excluding hydrogens is 426 g/mol. The fraction of sp³-hybridized carbons (Fsp3) is 0.500. The molecule has 0 aliphatic carbocycles. The summed E-state index contributed by atoms with van der Waals surface area (Å²) in [5.41, 5.74) is 0.973. The van der Waals surface area contributed by atoms with Crippen LogP contribution in [-0.2, 0) is 20.9 Å². The molecule has 0 spiro atoms. The summed E-state index contributed by atoms with van der Waals surface area (Å²) < 4.78 is 11.4. The van der Waals surface area contributed by atoms with Crippen LogP contribution in [0.4, 0.5) is 0 Å². The number of nitrogens with one attached hydrogen (secondary N) is 2. The molecular formula is C24H33N3O4S. The second kappa shape index (κ2) is 12.6. The van der Waals surface area contributed by atoms with Crippen molar-refractivity contribution in [2.75, 3.05) is 33.4 Å². The van der Waals surface area contributed by atoms with Crippen LogP contribution in [-0.4, -0.2) is 56.2 Å². The van der Waals surface area contributed by atoms with E-state index in [0.29, 0.717) is 19.2 Å². The fourth-order valence-electron chi connectivity index (χ4n) is 3.78. The van der Waals surface area contributed by atoms with Crippen molar-refractivity contribution in [2.24, 2.45) is 0 Å². The predicted octanol–water partition coefficient (Wildman–Crippen LogP) is 3.12. The molecule has 1 saturated heterocycles. The van der Waals surface area contributed by atoms with Crippen LogP contribution in [0.25, 0.3) is 0 Å². The summed E-state index contributed by atoms with van der Waals surface area (Å²) in [6.07, 6.45) is 2.34. The van der Waals surface area contributed by atoms with E-state index in [2.05, 4.69) is 22.6 Å². The summed E-state index contributed by atoms with van der Waals surface area (Å²) in [7, 11) is 2.13. The molecule has 1 aliphatic rings. The quantitative estimate of drug-likeness (QED) is 0.540. The molecule has 0 bridgehead atoms. The highest BCUT2D eigenvalue weighted by Gasteiger charge is 2.19. The molecule has 2 amide bonds. The molecule has 7 nitrogen and oxygen atoms in total. The van der Waals surface area contributed by atoms with E-state index in [9.17, 15) is 9.59 Å². The van der Waals surface area contributed by atoms with Gasteiger partial charge in [0.1, 0.15) is 12.4 Å². The summed E-state index contributed by atoms with van der Waals surface area (Å²) in [6.45, 7) is 5.02. The summed E-state index contributed by atoms with van der Waals surface area (Å²) in [5, 5.41) is 7.74. The number of ether oxygens (including phenoxy) is 2. The molecule has 174 valence electrons. The van der Waals surface area contributed by atoms with Gasteiger partial charge in [0.25, 0.3) is 0 Å². The van der Waals surface area contributed by atoms with E-state index in [4.69, 9.17) is 9.47 Å². The average Bonchev–Trinajstić information content (AvgIpc) is 3.33. The monoisotopic (exact) mass is 459 g/mol. The third-order valence-electron chi connectivity index (χ3n) is 5.57. The molecule has 0 saturated carbocycles. The Bertz CT molecular complexity index is 853. The van der Waals surface area contributed by atoms with Gasteiger partial charge in [0.05, 0.1) is 12.5 Å². The molecule has 1 aromatic heterocycles. The average molecular weight is 460 g/mol. The molecule has 2 aromatic rings. The maximum Gasteiger partial charge on any atom is 0.222 e. The Labute approximate surface area is 194 Å². The van der Waals surface area contributed by atoms with Crippen molar-refractivity contribution in [3.05, 3.63) is 52.2 Å². The van der Waals surface area contributed by atoms with E-state index in [-0.39, 0.29) is 24.3 Å².